The molecule has 0 aliphatic carbocycles. The maximum Gasteiger partial charge on any atom is 0.0757 e. The van der Waals surface area contributed by atoms with Crippen molar-refractivity contribution in [2.24, 2.45) is 0 Å². The van der Waals surface area contributed by atoms with Gasteiger partial charge in [0.25, 0.3) is 0 Å². The van der Waals surface area contributed by atoms with Crippen LogP contribution >= 0.6 is 12.4 Å². The van der Waals surface area contributed by atoms with E-state index in [1.165, 1.54) is 30.7 Å². The summed E-state index contributed by atoms with van der Waals surface area (Å²) in [5.41, 5.74) is 0. The number of hydrogen-bond acceptors (Lipinski definition) is 1. The van der Waals surface area contributed by atoms with Gasteiger partial charge in [-0.05, 0) is 27.7 Å². The van der Waals surface area contributed by atoms with Crippen LogP contribution in [-0.4, -0.2) is 30.7 Å². The van der Waals surface area contributed by atoms with Gasteiger partial charge in [-0.15, -0.1) is 12.4 Å². The van der Waals surface area contributed by atoms with Crippen molar-refractivity contribution in [2.75, 3.05) is 26.2 Å². The minimum Gasteiger partial charge on any atom is -1.00 e. The second-order valence-electron chi connectivity index (χ2n) is 2.61. The molecule has 0 saturated heterocycles. The van der Waals surface area contributed by atoms with E-state index in [0.717, 1.165) is 0 Å². The number of hydrogen-bond donors (Lipinski definition) is 1. The standard InChI is InChI=1S/C8H20N.2ClH.H3N/c1-5-9(6-2,7-3)8-4;;;/h5-8H2,1-4H3;2*1H;1H3/q+1;;;/p-1. The van der Waals surface area contributed by atoms with Gasteiger partial charge in [0.2, 0.25) is 0 Å². The first-order chi connectivity index (χ1) is 4.24. The Morgan fingerprint density at radius 1 is 0.750 bits per heavy atom. The zero-order valence-corrected chi connectivity index (χ0v) is 10.3. The third-order valence-electron chi connectivity index (χ3n) is 2.68. The lowest BCUT2D eigenvalue weighted by Crippen LogP contribution is -3.00. The lowest BCUT2D eigenvalue weighted by molar-refractivity contribution is -0.921. The van der Waals surface area contributed by atoms with Gasteiger partial charge in [-0.25, -0.2) is 0 Å². The monoisotopic (exact) mass is 218 g/mol. The van der Waals surface area contributed by atoms with E-state index < -0.39 is 0 Å². The quantitative estimate of drug-likeness (QED) is 0.634. The average molecular weight is 219 g/mol. The highest BCUT2D eigenvalue weighted by Gasteiger charge is 2.16. The molecule has 0 aromatic carbocycles. The van der Waals surface area contributed by atoms with Crippen LogP contribution < -0.4 is 18.6 Å². The van der Waals surface area contributed by atoms with Gasteiger partial charge in [0.15, 0.2) is 0 Å². The highest BCUT2D eigenvalue weighted by molar-refractivity contribution is 5.85. The van der Waals surface area contributed by atoms with Gasteiger partial charge in [0.1, 0.15) is 0 Å². The Bertz CT molecular complexity index is 57.9. The Kier molecular flexibility index (Phi) is 21.9. The largest absolute Gasteiger partial charge is 1.00 e. The van der Waals surface area contributed by atoms with Gasteiger partial charge in [-0.1, -0.05) is 0 Å². The molecule has 0 bridgehead atoms. The van der Waals surface area contributed by atoms with Gasteiger partial charge >= 0.3 is 0 Å². The minimum absolute atomic E-state index is 0. The van der Waals surface area contributed by atoms with E-state index in [1.807, 2.05) is 0 Å². The van der Waals surface area contributed by atoms with Crippen molar-refractivity contribution in [1.29, 1.82) is 0 Å². The second-order valence-corrected chi connectivity index (χ2v) is 2.61. The molecule has 4 heteroatoms. The minimum atomic E-state index is 0. The van der Waals surface area contributed by atoms with Crippen LogP contribution in [0.1, 0.15) is 27.7 Å². The van der Waals surface area contributed by atoms with E-state index in [1.54, 1.807) is 0 Å². The molecule has 0 aliphatic rings. The molecular formula is C8H24Cl2N2. The van der Waals surface area contributed by atoms with Crippen LogP contribution in [0, 0.1) is 0 Å². The molecule has 3 N–H and O–H groups in total. The van der Waals surface area contributed by atoms with Crippen LogP contribution in [0.25, 0.3) is 0 Å². The van der Waals surface area contributed by atoms with Crippen molar-refractivity contribution >= 4 is 12.4 Å². The van der Waals surface area contributed by atoms with E-state index in [0.29, 0.717) is 0 Å². The molecule has 0 heterocycles. The number of rotatable bonds is 4. The Hall–Kier alpha value is 0.500. The number of quaternary nitrogens is 1. The zero-order chi connectivity index (χ0) is 7.33. The normalized spacial score (nSPS) is 9.00. The zero-order valence-electron chi connectivity index (χ0n) is 8.77. The predicted octanol–water partition coefficient (Wildman–Crippen LogP) is -0.529. The maximum atomic E-state index is 2.27. The van der Waals surface area contributed by atoms with Crippen molar-refractivity contribution in [3.05, 3.63) is 0 Å². The third-order valence-corrected chi connectivity index (χ3v) is 2.68. The summed E-state index contributed by atoms with van der Waals surface area (Å²) in [7, 11) is 0. The van der Waals surface area contributed by atoms with E-state index in [9.17, 15) is 0 Å². The Balaban J connectivity index is -0.000000107. The molecule has 0 amide bonds. The lowest BCUT2D eigenvalue weighted by atomic mass is 10.3. The molecule has 0 rings (SSSR count). The molecule has 0 unspecified atom stereocenters. The van der Waals surface area contributed by atoms with Gasteiger partial charge < -0.3 is 23.0 Å². The van der Waals surface area contributed by atoms with Crippen LogP contribution in [0.5, 0.6) is 0 Å². The molecular weight excluding hydrogens is 195 g/mol. The molecule has 0 atom stereocenters. The lowest BCUT2D eigenvalue weighted by Gasteiger charge is -2.34. The summed E-state index contributed by atoms with van der Waals surface area (Å²) in [6, 6.07) is 0. The fourth-order valence-corrected chi connectivity index (χ4v) is 1.34. The first-order valence-electron chi connectivity index (χ1n) is 4.09. The maximum absolute atomic E-state index is 2.27. The highest BCUT2D eigenvalue weighted by Crippen LogP contribution is 2.03. The van der Waals surface area contributed by atoms with Gasteiger partial charge in [-0.2, -0.15) is 0 Å². The SMILES string of the molecule is CC[N+](CC)(CC)CC.Cl.N.[Cl-]. The third kappa shape index (κ3) is 6.06. The van der Waals surface area contributed by atoms with E-state index in [4.69, 9.17) is 0 Å². The Morgan fingerprint density at radius 3 is 0.917 bits per heavy atom. The smallest absolute Gasteiger partial charge is 0.0757 e. The molecule has 0 radical (unpaired) electrons. The van der Waals surface area contributed by atoms with E-state index in [2.05, 4.69) is 27.7 Å². The van der Waals surface area contributed by atoms with Crippen molar-refractivity contribution in [3.8, 4) is 0 Å². The van der Waals surface area contributed by atoms with Crippen LogP contribution in [0.3, 0.4) is 0 Å². The topological polar surface area (TPSA) is 35.0 Å². The first kappa shape index (κ1) is 22.9. The number of nitrogens with zero attached hydrogens (tertiary/aromatic N) is 1. The van der Waals surface area contributed by atoms with Crippen LogP contribution in [0.4, 0.5) is 0 Å². The summed E-state index contributed by atoms with van der Waals surface area (Å²) < 4.78 is 1.28. The van der Waals surface area contributed by atoms with Gasteiger partial charge in [-0.3, -0.25) is 0 Å². The predicted molar refractivity (Wildman–Crippen MR) is 54.7 cm³/mol. The molecule has 12 heavy (non-hydrogen) atoms. The summed E-state index contributed by atoms with van der Waals surface area (Å²) in [5, 5.41) is 0. The fraction of sp³-hybridized carbons (Fsp3) is 1.00. The van der Waals surface area contributed by atoms with Gasteiger partial charge in [0, 0.05) is 0 Å². The molecule has 0 aromatic heterocycles. The molecule has 0 saturated carbocycles. The molecule has 80 valence electrons. The molecule has 0 aromatic rings. The van der Waals surface area contributed by atoms with Crippen LogP contribution in [-0.2, 0) is 0 Å². The molecule has 2 nitrogen and oxygen atoms in total. The molecule has 0 spiro atoms. The summed E-state index contributed by atoms with van der Waals surface area (Å²) in [4.78, 5) is 0. The van der Waals surface area contributed by atoms with E-state index in [-0.39, 0.29) is 31.0 Å². The van der Waals surface area contributed by atoms with Crippen molar-refractivity contribution < 1.29 is 16.9 Å². The van der Waals surface area contributed by atoms with Gasteiger partial charge in [0.05, 0.1) is 26.2 Å². The molecule has 0 aliphatic heterocycles. The van der Waals surface area contributed by atoms with Crippen molar-refractivity contribution in [3.63, 3.8) is 0 Å². The van der Waals surface area contributed by atoms with Crippen LogP contribution in [0.2, 0.25) is 0 Å². The molecule has 0 fully saturated rings. The summed E-state index contributed by atoms with van der Waals surface area (Å²) in [6.07, 6.45) is 0. The Morgan fingerprint density at radius 2 is 0.917 bits per heavy atom. The fourth-order valence-electron chi connectivity index (χ4n) is 1.34. The summed E-state index contributed by atoms with van der Waals surface area (Å²) >= 11 is 0. The highest BCUT2D eigenvalue weighted by atomic mass is 35.5. The second kappa shape index (κ2) is 11.5. The first-order valence-corrected chi connectivity index (χ1v) is 4.09. The van der Waals surface area contributed by atoms with Crippen molar-refractivity contribution in [2.45, 2.75) is 27.7 Å². The Labute approximate surface area is 89.7 Å². The van der Waals surface area contributed by atoms with Crippen molar-refractivity contribution in [1.82, 2.24) is 6.15 Å². The van der Waals surface area contributed by atoms with E-state index >= 15 is 0 Å². The van der Waals surface area contributed by atoms with Crippen LogP contribution in [0.15, 0.2) is 0 Å². The number of halogens is 2. The summed E-state index contributed by atoms with van der Waals surface area (Å²) in [5.74, 6) is 0. The summed E-state index contributed by atoms with van der Waals surface area (Å²) in [6.45, 7) is 14.2. The average Bonchev–Trinajstić information content (AvgIpc) is 1.95.